The monoisotopic (exact) mass is 412 g/mol. The minimum absolute atomic E-state index is 0.686. The highest BCUT2D eigenvalue weighted by Gasteiger charge is 1.97. The number of hydrogen-bond acceptors (Lipinski definition) is 2. The Morgan fingerprint density at radius 3 is 1.70 bits per heavy atom. The van der Waals surface area contributed by atoms with E-state index in [0.29, 0.717) is 5.69 Å². The molecule has 1 heterocycles. The Labute approximate surface area is 185 Å². The number of aldehydes is 1. The van der Waals surface area contributed by atoms with Gasteiger partial charge in [-0.15, -0.1) is 0 Å². The fourth-order valence-electron chi connectivity index (χ4n) is 3.90. The van der Waals surface area contributed by atoms with Gasteiger partial charge in [0.15, 0.2) is 6.29 Å². The van der Waals surface area contributed by atoms with Gasteiger partial charge in [0.05, 0.1) is 11.8 Å². The van der Waals surface area contributed by atoms with Gasteiger partial charge in [0, 0.05) is 12.1 Å². The number of aromatic nitrogens is 1. The summed E-state index contributed by atoms with van der Waals surface area (Å²) in [7, 11) is 0. The van der Waals surface area contributed by atoms with Crippen LogP contribution in [0, 0.1) is 11.3 Å². The first-order valence-electron chi connectivity index (χ1n) is 12.5. The summed E-state index contributed by atoms with van der Waals surface area (Å²) < 4.78 is 0. The fourth-order valence-corrected chi connectivity index (χ4v) is 3.90. The second-order valence-corrected chi connectivity index (χ2v) is 8.57. The molecule has 0 atom stereocenters. The van der Waals surface area contributed by atoms with Crippen molar-refractivity contribution in [3.05, 3.63) is 35.7 Å². The second-order valence-electron chi connectivity index (χ2n) is 8.57. The molecule has 0 amide bonds. The Balaban J connectivity index is 1.74. The van der Waals surface area contributed by atoms with Crippen molar-refractivity contribution in [2.75, 3.05) is 0 Å². The summed E-state index contributed by atoms with van der Waals surface area (Å²) in [6.45, 7) is 0. The van der Waals surface area contributed by atoms with Crippen molar-refractivity contribution in [3.63, 3.8) is 0 Å². The average Bonchev–Trinajstić information content (AvgIpc) is 3.23. The van der Waals surface area contributed by atoms with Gasteiger partial charge in [-0.3, -0.25) is 4.79 Å². The van der Waals surface area contributed by atoms with E-state index < -0.39 is 0 Å². The van der Waals surface area contributed by atoms with Crippen LogP contribution in [0.3, 0.4) is 0 Å². The quantitative estimate of drug-likeness (QED) is 0.125. The Bertz CT molecular complexity index is 582. The van der Waals surface area contributed by atoms with Gasteiger partial charge in [-0.1, -0.05) is 82.8 Å². The average molecular weight is 413 g/mol. The van der Waals surface area contributed by atoms with E-state index in [-0.39, 0.29) is 0 Å². The minimum Gasteiger partial charge on any atom is -0.356 e. The zero-order valence-electron chi connectivity index (χ0n) is 19.2. The molecule has 0 bridgehead atoms. The molecule has 0 unspecified atom stereocenters. The van der Waals surface area contributed by atoms with Crippen LogP contribution in [0.2, 0.25) is 0 Å². The molecule has 0 aromatic carbocycles. The lowest BCUT2D eigenvalue weighted by Crippen LogP contribution is -1.87. The zero-order chi connectivity index (χ0) is 21.5. The lowest BCUT2D eigenvalue weighted by atomic mass is 10.0. The Morgan fingerprint density at radius 2 is 1.20 bits per heavy atom. The normalized spacial score (nSPS) is 11.2. The van der Waals surface area contributed by atoms with Crippen molar-refractivity contribution in [3.8, 4) is 6.07 Å². The van der Waals surface area contributed by atoms with Crippen LogP contribution in [-0.2, 0) is 6.42 Å². The smallest absolute Gasteiger partial charge is 0.166 e. The van der Waals surface area contributed by atoms with E-state index in [1.54, 1.807) is 0 Å². The number of unbranched alkanes of at least 4 members (excludes halogenated alkanes) is 16. The van der Waals surface area contributed by atoms with Gasteiger partial charge in [-0.05, 0) is 57.1 Å². The van der Waals surface area contributed by atoms with Crippen LogP contribution < -0.4 is 0 Å². The maximum absolute atomic E-state index is 10.6. The summed E-state index contributed by atoms with van der Waals surface area (Å²) in [6, 6.07) is 6.10. The molecule has 0 fully saturated rings. The highest BCUT2D eigenvalue weighted by atomic mass is 16.1. The molecule has 1 aromatic heterocycles. The van der Waals surface area contributed by atoms with E-state index in [1.165, 1.54) is 108 Å². The lowest BCUT2D eigenvalue weighted by molar-refractivity contribution is 0.111. The van der Waals surface area contributed by atoms with Gasteiger partial charge in [0.2, 0.25) is 0 Å². The van der Waals surface area contributed by atoms with Crippen LogP contribution in [0.1, 0.15) is 132 Å². The predicted molar refractivity (Wildman–Crippen MR) is 128 cm³/mol. The first-order valence-corrected chi connectivity index (χ1v) is 12.5. The molecule has 0 aliphatic heterocycles. The van der Waals surface area contributed by atoms with Gasteiger partial charge in [-0.25, -0.2) is 0 Å². The van der Waals surface area contributed by atoms with Crippen LogP contribution in [0.5, 0.6) is 0 Å². The van der Waals surface area contributed by atoms with E-state index in [0.717, 1.165) is 25.5 Å². The third-order valence-electron chi connectivity index (χ3n) is 5.79. The Morgan fingerprint density at radius 1 is 0.700 bits per heavy atom. The third-order valence-corrected chi connectivity index (χ3v) is 5.79. The molecule has 0 spiro atoms. The van der Waals surface area contributed by atoms with Crippen LogP contribution >= 0.6 is 0 Å². The van der Waals surface area contributed by atoms with Gasteiger partial charge < -0.3 is 4.98 Å². The maximum Gasteiger partial charge on any atom is 0.166 e. The van der Waals surface area contributed by atoms with Crippen LogP contribution in [0.4, 0.5) is 0 Å². The summed E-state index contributed by atoms with van der Waals surface area (Å²) in [5.74, 6) is 0. The molecule has 30 heavy (non-hydrogen) atoms. The summed E-state index contributed by atoms with van der Waals surface area (Å²) in [4.78, 5) is 13.8. The first kappa shape index (κ1) is 26.2. The topological polar surface area (TPSA) is 56.6 Å². The Hall–Kier alpha value is -1.82. The molecule has 168 valence electrons. The molecule has 0 aliphatic carbocycles. The molecular formula is C27H44N2O. The molecular weight excluding hydrogens is 368 g/mol. The number of hydrogen-bond donors (Lipinski definition) is 1. The lowest BCUT2D eigenvalue weighted by Gasteiger charge is -2.02. The van der Waals surface area contributed by atoms with Crippen LogP contribution in [0.25, 0.3) is 0 Å². The molecule has 1 aromatic rings. The largest absolute Gasteiger partial charge is 0.356 e. The summed E-state index contributed by atoms with van der Waals surface area (Å²) in [6.07, 6.45) is 29.6. The summed E-state index contributed by atoms with van der Waals surface area (Å²) in [5.41, 5.74) is 1.87. The Kier molecular flexibility index (Phi) is 17.9. The van der Waals surface area contributed by atoms with Crippen molar-refractivity contribution in [2.24, 2.45) is 0 Å². The van der Waals surface area contributed by atoms with Crippen LogP contribution in [-0.4, -0.2) is 11.3 Å². The number of aryl methyl sites for hydroxylation is 1. The number of nitrogens with one attached hydrogen (secondary N) is 1. The summed E-state index contributed by atoms with van der Waals surface area (Å²) >= 11 is 0. The highest BCUT2D eigenvalue weighted by molar-refractivity contribution is 5.71. The third kappa shape index (κ3) is 16.0. The van der Waals surface area contributed by atoms with Crippen molar-refractivity contribution in [1.82, 2.24) is 4.98 Å². The molecule has 0 saturated carbocycles. The minimum atomic E-state index is 0.686. The first-order chi connectivity index (χ1) is 14.9. The van der Waals surface area contributed by atoms with Gasteiger partial charge in [0.25, 0.3) is 0 Å². The van der Waals surface area contributed by atoms with Gasteiger partial charge in [0.1, 0.15) is 0 Å². The van der Waals surface area contributed by atoms with Crippen molar-refractivity contribution < 1.29 is 4.79 Å². The number of allylic oxidation sites excluding steroid dienone is 2. The van der Waals surface area contributed by atoms with Crippen molar-refractivity contribution >= 4 is 6.29 Å². The standard InChI is InChI=1S/C27H44N2O/c28-24-20-18-16-14-12-10-8-6-4-2-1-3-5-7-9-11-13-15-17-19-21-26-22-23-27(25-30)29-26/h7,9,22-23,25,29H,1-6,8,10-21H2/b9-7-. The molecule has 3 heteroatoms. The van der Waals surface area contributed by atoms with E-state index in [9.17, 15) is 4.79 Å². The number of nitrogens with zero attached hydrogens (tertiary/aromatic N) is 1. The molecule has 0 saturated heterocycles. The zero-order valence-corrected chi connectivity index (χ0v) is 19.2. The second kappa shape index (κ2) is 20.5. The number of H-pyrrole nitrogens is 1. The van der Waals surface area contributed by atoms with Gasteiger partial charge in [-0.2, -0.15) is 5.26 Å². The molecule has 1 rings (SSSR count). The van der Waals surface area contributed by atoms with Crippen LogP contribution in [0.15, 0.2) is 24.3 Å². The number of carbonyl (C=O) groups is 1. The summed E-state index contributed by atoms with van der Waals surface area (Å²) in [5, 5.41) is 8.49. The number of carbonyl (C=O) groups excluding carboxylic acids is 1. The fraction of sp³-hybridized carbons (Fsp3) is 0.704. The predicted octanol–water partition coefficient (Wildman–Crippen LogP) is 8.47. The molecule has 3 nitrogen and oxygen atoms in total. The van der Waals surface area contributed by atoms with Gasteiger partial charge >= 0.3 is 0 Å². The maximum atomic E-state index is 10.6. The molecule has 0 aliphatic rings. The number of aromatic amines is 1. The molecule has 0 radical (unpaired) electrons. The molecule has 1 N–H and O–H groups in total. The van der Waals surface area contributed by atoms with E-state index in [1.807, 2.05) is 12.1 Å². The van der Waals surface area contributed by atoms with Crippen molar-refractivity contribution in [1.29, 1.82) is 5.26 Å². The van der Waals surface area contributed by atoms with Crippen molar-refractivity contribution in [2.45, 2.75) is 122 Å². The van der Waals surface area contributed by atoms with E-state index in [4.69, 9.17) is 5.26 Å². The van der Waals surface area contributed by atoms with E-state index >= 15 is 0 Å². The SMILES string of the molecule is N#CCCCCCCCCCCCCC/C=C\CCCCCCc1ccc(C=O)[nH]1. The number of nitriles is 1. The van der Waals surface area contributed by atoms with E-state index in [2.05, 4.69) is 23.2 Å². The highest BCUT2D eigenvalue weighted by Crippen LogP contribution is 2.13. The number of rotatable bonds is 21.